The minimum atomic E-state index is 0.533. The van der Waals surface area contributed by atoms with Crippen molar-refractivity contribution in [3.8, 4) is 0 Å². The molecule has 0 aromatic carbocycles. The Hall–Kier alpha value is -0.830. The van der Waals surface area contributed by atoms with Crippen molar-refractivity contribution in [3.63, 3.8) is 0 Å². The fourth-order valence-electron chi connectivity index (χ4n) is 2.29. The van der Waals surface area contributed by atoms with Gasteiger partial charge in [-0.1, -0.05) is 13.3 Å². The normalized spacial score (nSPS) is 23.2. The molecule has 0 aliphatic carbocycles. The standard InChI is InChI=1S/C12H21N3/c1-3-5-10(2)15-9-11(8-14-15)12-6-4-7-13-12/h8-10,12-13H,3-7H2,1-2H3/t10?,12-/m1/s1. The molecule has 0 spiro atoms. The summed E-state index contributed by atoms with van der Waals surface area (Å²) in [6.45, 7) is 5.61. The predicted octanol–water partition coefficient (Wildman–Crippen LogP) is 2.67. The zero-order chi connectivity index (χ0) is 10.7. The minimum Gasteiger partial charge on any atom is -0.310 e. The summed E-state index contributed by atoms with van der Waals surface area (Å²) in [5, 5.41) is 7.96. The van der Waals surface area contributed by atoms with Gasteiger partial charge in [-0.25, -0.2) is 0 Å². The van der Waals surface area contributed by atoms with E-state index in [4.69, 9.17) is 0 Å². The SMILES string of the molecule is CCCC(C)n1cc([C@H]2CCCN2)cn1. The van der Waals surface area contributed by atoms with Crippen LogP contribution >= 0.6 is 0 Å². The summed E-state index contributed by atoms with van der Waals surface area (Å²) in [4.78, 5) is 0. The molecule has 3 nitrogen and oxygen atoms in total. The number of aromatic nitrogens is 2. The van der Waals surface area contributed by atoms with Gasteiger partial charge >= 0.3 is 0 Å². The third kappa shape index (κ3) is 2.40. The van der Waals surface area contributed by atoms with Crippen LogP contribution in [0.1, 0.15) is 57.2 Å². The Morgan fingerprint density at radius 1 is 1.67 bits per heavy atom. The van der Waals surface area contributed by atoms with Gasteiger partial charge in [0, 0.05) is 23.8 Å². The van der Waals surface area contributed by atoms with Crippen molar-refractivity contribution < 1.29 is 0 Å². The van der Waals surface area contributed by atoms with Crippen LogP contribution in [0, 0.1) is 0 Å². The zero-order valence-corrected chi connectivity index (χ0v) is 9.74. The summed E-state index contributed by atoms with van der Waals surface area (Å²) < 4.78 is 2.11. The van der Waals surface area contributed by atoms with Crippen molar-refractivity contribution in [2.75, 3.05) is 6.54 Å². The molecule has 1 aromatic heterocycles. The number of nitrogens with one attached hydrogen (secondary N) is 1. The fraction of sp³-hybridized carbons (Fsp3) is 0.750. The van der Waals surface area contributed by atoms with E-state index < -0.39 is 0 Å². The molecule has 0 bridgehead atoms. The number of hydrogen-bond donors (Lipinski definition) is 1. The van der Waals surface area contributed by atoms with E-state index in [1.807, 2.05) is 6.20 Å². The molecule has 0 amide bonds. The highest BCUT2D eigenvalue weighted by atomic mass is 15.3. The monoisotopic (exact) mass is 207 g/mol. The second-order valence-corrected chi connectivity index (χ2v) is 4.54. The Morgan fingerprint density at radius 2 is 2.53 bits per heavy atom. The highest BCUT2D eigenvalue weighted by molar-refractivity contribution is 5.12. The Labute approximate surface area is 91.9 Å². The van der Waals surface area contributed by atoms with Gasteiger partial charge in [0.05, 0.1) is 6.20 Å². The summed E-state index contributed by atoms with van der Waals surface area (Å²) in [5.41, 5.74) is 1.36. The molecule has 1 saturated heterocycles. The lowest BCUT2D eigenvalue weighted by molar-refractivity contribution is 0.454. The third-order valence-corrected chi connectivity index (χ3v) is 3.24. The summed E-state index contributed by atoms with van der Waals surface area (Å²) in [6.07, 6.45) is 9.21. The average Bonchev–Trinajstić information content (AvgIpc) is 2.89. The Kier molecular flexibility index (Phi) is 3.41. The van der Waals surface area contributed by atoms with Gasteiger partial charge in [0.15, 0.2) is 0 Å². The molecule has 2 atom stereocenters. The van der Waals surface area contributed by atoms with E-state index in [2.05, 4.69) is 35.1 Å². The van der Waals surface area contributed by atoms with Gasteiger partial charge < -0.3 is 5.32 Å². The van der Waals surface area contributed by atoms with Gasteiger partial charge in [-0.15, -0.1) is 0 Å². The van der Waals surface area contributed by atoms with Crippen LogP contribution in [0.15, 0.2) is 12.4 Å². The quantitative estimate of drug-likeness (QED) is 0.822. The van der Waals surface area contributed by atoms with Crippen LogP contribution in [-0.2, 0) is 0 Å². The minimum absolute atomic E-state index is 0.533. The largest absolute Gasteiger partial charge is 0.310 e. The molecule has 2 heterocycles. The average molecular weight is 207 g/mol. The molecule has 0 saturated carbocycles. The molecule has 1 unspecified atom stereocenters. The molecule has 84 valence electrons. The van der Waals surface area contributed by atoms with Gasteiger partial charge in [0.2, 0.25) is 0 Å². The molecule has 1 aromatic rings. The van der Waals surface area contributed by atoms with E-state index >= 15 is 0 Å². The molecular weight excluding hydrogens is 186 g/mol. The van der Waals surface area contributed by atoms with Crippen molar-refractivity contribution in [1.82, 2.24) is 15.1 Å². The first-order chi connectivity index (χ1) is 7.31. The molecule has 1 N–H and O–H groups in total. The molecular formula is C12H21N3. The van der Waals surface area contributed by atoms with E-state index in [0.717, 1.165) is 6.54 Å². The van der Waals surface area contributed by atoms with Gasteiger partial charge in [0.25, 0.3) is 0 Å². The third-order valence-electron chi connectivity index (χ3n) is 3.24. The highest BCUT2D eigenvalue weighted by Crippen LogP contribution is 2.23. The summed E-state index contributed by atoms with van der Waals surface area (Å²) in [6, 6.07) is 1.08. The molecule has 2 rings (SSSR count). The van der Waals surface area contributed by atoms with Crippen LogP contribution in [0.5, 0.6) is 0 Å². The van der Waals surface area contributed by atoms with E-state index in [9.17, 15) is 0 Å². The lowest BCUT2D eigenvalue weighted by atomic mass is 10.1. The molecule has 3 heteroatoms. The van der Waals surface area contributed by atoms with Crippen LogP contribution in [0.4, 0.5) is 0 Å². The molecule has 1 fully saturated rings. The maximum absolute atomic E-state index is 4.46. The Balaban J connectivity index is 2.02. The van der Waals surface area contributed by atoms with Crippen LogP contribution in [0.2, 0.25) is 0 Å². The smallest absolute Gasteiger partial charge is 0.0537 e. The van der Waals surface area contributed by atoms with E-state index in [-0.39, 0.29) is 0 Å². The van der Waals surface area contributed by atoms with Crippen LogP contribution in [0.3, 0.4) is 0 Å². The Morgan fingerprint density at radius 3 is 3.20 bits per heavy atom. The van der Waals surface area contributed by atoms with Crippen molar-refractivity contribution in [2.45, 2.75) is 51.6 Å². The number of rotatable bonds is 4. The summed E-state index contributed by atoms with van der Waals surface area (Å²) >= 11 is 0. The molecule has 15 heavy (non-hydrogen) atoms. The highest BCUT2D eigenvalue weighted by Gasteiger charge is 2.18. The summed E-state index contributed by atoms with van der Waals surface area (Å²) in [5.74, 6) is 0. The lowest BCUT2D eigenvalue weighted by Gasteiger charge is -2.10. The second-order valence-electron chi connectivity index (χ2n) is 4.54. The van der Waals surface area contributed by atoms with Crippen LogP contribution in [-0.4, -0.2) is 16.3 Å². The van der Waals surface area contributed by atoms with Gasteiger partial charge in [-0.05, 0) is 32.7 Å². The van der Waals surface area contributed by atoms with Crippen molar-refractivity contribution in [2.24, 2.45) is 0 Å². The number of nitrogens with zero attached hydrogens (tertiary/aromatic N) is 2. The van der Waals surface area contributed by atoms with Gasteiger partial charge in [-0.2, -0.15) is 5.10 Å². The number of hydrogen-bond acceptors (Lipinski definition) is 2. The first-order valence-corrected chi connectivity index (χ1v) is 6.08. The van der Waals surface area contributed by atoms with Gasteiger partial charge in [-0.3, -0.25) is 4.68 Å². The van der Waals surface area contributed by atoms with Crippen LogP contribution < -0.4 is 5.32 Å². The van der Waals surface area contributed by atoms with Crippen molar-refractivity contribution >= 4 is 0 Å². The fourth-order valence-corrected chi connectivity index (χ4v) is 2.29. The topological polar surface area (TPSA) is 29.9 Å². The van der Waals surface area contributed by atoms with Crippen molar-refractivity contribution in [3.05, 3.63) is 18.0 Å². The first kappa shape index (κ1) is 10.7. The predicted molar refractivity (Wildman–Crippen MR) is 61.8 cm³/mol. The first-order valence-electron chi connectivity index (χ1n) is 6.08. The van der Waals surface area contributed by atoms with E-state index in [0.29, 0.717) is 12.1 Å². The van der Waals surface area contributed by atoms with E-state index in [1.165, 1.54) is 31.2 Å². The zero-order valence-electron chi connectivity index (χ0n) is 9.74. The molecule has 0 radical (unpaired) electrons. The Bertz CT molecular complexity index is 300. The maximum atomic E-state index is 4.46. The van der Waals surface area contributed by atoms with Crippen LogP contribution in [0.25, 0.3) is 0 Å². The van der Waals surface area contributed by atoms with Crippen molar-refractivity contribution in [1.29, 1.82) is 0 Å². The van der Waals surface area contributed by atoms with Gasteiger partial charge in [0.1, 0.15) is 0 Å². The summed E-state index contributed by atoms with van der Waals surface area (Å²) in [7, 11) is 0. The van der Waals surface area contributed by atoms with E-state index in [1.54, 1.807) is 0 Å². The molecule has 1 aliphatic rings. The maximum Gasteiger partial charge on any atom is 0.0537 e. The lowest BCUT2D eigenvalue weighted by Crippen LogP contribution is -2.12. The molecule has 1 aliphatic heterocycles. The second kappa shape index (κ2) is 4.79.